The standard InChI is InChI=1S/C13H11N5O2/c19-12(20)8-14-10-6-7-11-15-16-13(18(11)17-10)9-4-2-1-3-5-9/h1-7H,8H2,(H,14,17)(H,19,20). The number of benzene rings is 1. The van der Waals surface area contributed by atoms with Crippen LogP contribution < -0.4 is 5.32 Å². The molecule has 2 aromatic heterocycles. The molecule has 0 aliphatic heterocycles. The van der Waals surface area contributed by atoms with Crippen LogP contribution in [0.5, 0.6) is 0 Å². The molecule has 0 saturated carbocycles. The first-order valence-corrected chi connectivity index (χ1v) is 5.97. The molecule has 2 N–H and O–H groups in total. The second-order valence-corrected chi connectivity index (χ2v) is 4.13. The number of aliphatic carboxylic acids is 1. The van der Waals surface area contributed by atoms with Gasteiger partial charge in [-0.15, -0.1) is 15.3 Å². The van der Waals surface area contributed by atoms with Crippen molar-refractivity contribution in [3.8, 4) is 11.4 Å². The van der Waals surface area contributed by atoms with Gasteiger partial charge in [0, 0.05) is 5.56 Å². The van der Waals surface area contributed by atoms with E-state index >= 15 is 0 Å². The number of hydrogen-bond acceptors (Lipinski definition) is 5. The van der Waals surface area contributed by atoms with Crippen molar-refractivity contribution in [1.29, 1.82) is 0 Å². The molecule has 1 aromatic carbocycles. The van der Waals surface area contributed by atoms with Crippen LogP contribution in [0.4, 0.5) is 5.82 Å². The van der Waals surface area contributed by atoms with Crippen molar-refractivity contribution < 1.29 is 9.90 Å². The molecule has 0 unspecified atom stereocenters. The first-order valence-electron chi connectivity index (χ1n) is 5.97. The van der Waals surface area contributed by atoms with E-state index in [2.05, 4.69) is 20.6 Å². The van der Waals surface area contributed by atoms with E-state index in [9.17, 15) is 4.79 Å². The maximum atomic E-state index is 10.6. The van der Waals surface area contributed by atoms with E-state index in [1.165, 1.54) is 0 Å². The van der Waals surface area contributed by atoms with Gasteiger partial charge in [0.2, 0.25) is 0 Å². The first-order chi connectivity index (χ1) is 9.74. The highest BCUT2D eigenvalue weighted by molar-refractivity contribution is 5.72. The summed E-state index contributed by atoms with van der Waals surface area (Å²) in [5, 5.41) is 23.8. The third-order valence-corrected chi connectivity index (χ3v) is 2.72. The maximum Gasteiger partial charge on any atom is 0.322 e. The van der Waals surface area contributed by atoms with Gasteiger partial charge in [0.15, 0.2) is 11.5 Å². The third kappa shape index (κ3) is 2.28. The number of carboxylic acids is 1. The molecule has 0 atom stereocenters. The average Bonchev–Trinajstić information content (AvgIpc) is 2.89. The van der Waals surface area contributed by atoms with E-state index < -0.39 is 5.97 Å². The quantitative estimate of drug-likeness (QED) is 0.741. The Balaban J connectivity index is 2.02. The number of hydrogen-bond donors (Lipinski definition) is 2. The third-order valence-electron chi connectivity index (χ3n) is 2.72. The van der Waals surface area contributed by atoms with Crippen molar-refractivity contribution in [2.24, 2.45) is 0 Å². The molecule has 0 bridgehead atoms. The molecule has 7 heteroatoms. The lowest BCUT2D eigenvalue weighted by atomic mass is 10.2. The number of fused-ring (bicyclic) bond motifs is 1. The van der Waals surface area contributed by atoms with Crippen LogP contribution in [0, 0.1) is 0 Å². The molecule has 0 spiro atoms. The average molecular weight is 269 g/mol. The monoisotopic (exact) mass is 269 g/mol. The zero-order chi connectivity index (χ0) is 13.9. The number of anilines is 1. The van der Waals surface area contributed by atoms with Crippen LogP contribution in [0.15, 0.2) is 42.5 Å². The first kappa shape index (κ1) is 12.1. The summed E-state index contributed by atoms with van der Waals surface area (Å²) in [4.78, 5) is 10.6. The fourth-order valence-electron chi connectivity index (χ4n) is 1.82. The Labute approximate surface area is 113 Å². The fraction of sp³-hybridized carbons (Fsp3) is 0.0769. The van der Waals surface area contributed by atoms with E-state index in [0.717, 1.165) is 5.56 Å². The van der Waals surface area contributed by atoms with Crippen molar-refractivity contribution in [1.82, 2.24) is 19.8 Å². The van der Waals surface area contributed by atoms with Gasteiger partial charge in [-0.2, -0.15) is 4.52 Å². The van der Waals surface area contributed by atoms with Crippen LogP contribution in [-0.4, -0.2) is 37.4 Å². The number of carbonyl (C=O) groups is 1. The van der Waals surface area contributed by atoms with Crippen molar-refractivity contribution in [2.45, 2.75) is 0 Å². The van der Waals surface area contributed by atoms with Gasteiger partial charge >= 0.3 is 5.97 Å². The van der Waals surface area contributed by atoms with E-state index in [1.54, 1.807) is 16.6 Å². The Morgan fingerprint density at radius 2 is 1.95 bits per heavy atom. The van der Waals surface area contributed by atoms with Crippen molar-refractivity contribution >= 4 is 17.4 Å². The summed E-state index contributed by atoms with van der Waals surface area (Å²) in [6.45, 7) is -0.193. The highest BCUT2D eigenvalue weighted by atomic mass is 16.4. The second kappa shape index (κ2) is 4.96. The molecule has 0 saturated heterocycles. The molecule has 0 fully saturated rings. The smallest absolute Gasteiger partial charge is 0.322 e. The molecule has 20 heavy (non-hydrogen) atoms. The number of nitrogens with zero attached hydrogens (tertiary/aromatic N) is 4. The van der Waals surface area contributed by atoms with Gasteiger partial charge in [-0.25, -0.2) is 0 Å². The Kier molecular flexibility index (Phi) is 3.00. The summed E-state index contributed by atoms with van der Waals surface area (Å²) < 4.78 is 1.58. The van der Waals surface area contributed by atoms with Gasteiger partial charge in [0.1, 0.15) is 12.4 Å². The lowest BCUT2D eigenvalue weighted by molar-refractivity contribution is -0.134. The van der Waals surface area contributed by atoms with Gasteiger partial charge in [-0.05, 0) is 12.1 Å². The van der Waals surface area contributed by atoms with Crippen LogP contribution in [0.2, 0.25) is 0 Å². The molecule has 3 rings (SSSR count). The minimum absolute atomic E-state index is 0.193. The Bertz CT molecular complexity index is 754. The summed E-state index contributed by atoms with van der Waals surface area (Å²) in [5.41, 5.74) is 1.49. The SMILES string of the molecule is O=C(O)CNc1ccc2nnc(-c3ccccc3)n2n1. The minimum atomic E-state index is -0.945. The Morgan fingerprint density at radius 1 is 1.15 bits per heavy atom. The van der Waals surface area contributed by atoms with Gasteiger partial charge in [-0.3, -0.25) is 4.79 Å². The molecule has 2 heterocycles. The fourth-order valence-corrected chi connectivity index (χ4v) is 1.82. The van der Waals surface area contributed by atoms with Gasteiger partial charge < -0.3 is 10.4 Å². The summed E-state index contributed by atoms with van der Waals surface area (Å²) in [6, 6.07) is 13.0. The van der Waals surface area contributed by atoms with Crippen LogP contribution in [0.25, 0.3) is 17.0 Å². The largest absolute Gasteiger partial charge is 0.480 e. The van der Waals surface area contributed by atoms with Gasteiger partial charge in [0.25, 0.3) is 0 Å². The summed E-state index contributed by atoms with van der Waals surface area (Å²) in [7, 11) is 0. The topological polar surface area (TPSA) is 92.4 Å². The van der Waals surface area contributed by atoms with Crippen LogP contribution in [0.1, 0.15) is 0 Å². The second-order valence-electron chi connectivity index (χ2n) is 4.13. The zero-order valence-electron chi connectivity index (χ0n) is 10.4. The van der Waals surface area contributed by atoms with Crippen LogP contribution in [0.3, 0.4) is 0 Å². The van der Waals surface area contributed by atoms with Crippen LogP contribution in [-0.2, 0) is 4.79 Å². The molecule has 7 nitrogen and oxygen atoms in total. The Morgan fingerprint density at radius 3 is 2.70 bits per heavy atom. The van der Waals surface area contributed by atoms with E-state index in [4.69, 9.17) is 5.11 Å². The number of carboxylic acid groups (broad SMARTS) is 1. The van der Waals surface area contributed by atoms with Crippen molar-refractivity contribution in [3.05, 3.63) is 42.5 Å². The maximum absolute atomic E-state index is 10.6. The minimum Gasteiger partial charge on any atom is -0.480 e. The van der Waals surface area contributed by atoms with Gasteiger partial charge in [0.05, 0.1) is 0 Å². The van der Waals surface area contributed by atoms with E-state index in [0.29, 0.717) is 17.3 Å². The predicted octanol–water partition coefficient (Wildman–Crippen LogP) is 1.29. The molecular formula is C13H11N5O2. The van der Waals surface area contributed by atoms with Crippen LogP contribution >= 0.6 is 0 Å². The number of aromatic nitrogens is 4. The molecule has 3 aromatic rings. The van der Waals surface area contributed by atoms with E-state index in [1.807, 2.05) is 30.3 Å². The molecule has 0 amide bonds. The highest BCUT2D eigenvalue weighted by Gasteiger charge is 2.09. The summed E-state index contributed by atoms with van der Waals surface area (Å²) in [5.74, 6) is 0.121. The predicted molar refractivity (Wildman–Crippen MR) is 72.3 cm³/mol. The summed E-state index contributed by atoms with van der Waals surface area (Å²) >= 11 is 0. The molecule has 0 radical (unpaired) electrons. The molecule has 0 aliphatic carbocycles. The normalized spacial score (nSPS) is 10.6. The zero-order valence-corrected chi connectivity index (χ0v) is 10.4. The lowest BCUT2D eigenvalue weighted by Gasteiger charge is -2.03. The molecule has 0 aliphatic rings. The van der Waals surface area contributed by atoms with Crippen molar-refractivity contribution in [3.63, 3.8) is 0 Å². The number of nitrogens with one attached hydrogen (secondary N) is 1. The molecular weight excluding hydrogens is 258 g/mol. The lowest BCUT2D eigenvalue weighted by Crippen LogP contribution is -2.14. The highest BCUT2D eigenvalue weighted by Crippen LogP contribution is 2.17. The van der Waals surface area contributed by atoms with E-state index in [-0.39, 0.29) is 6.54 Å². The summed E-state index contributed by atoms with van der Waals surface area (Å²) in [6.07, 6.45) is 0. The number of rotatable bonds is 4. The Hall–Kier alpha value is -2.96. The van der Waals surface area contributed by atoms with Gasteiger partial charge in [-0.1, -0.05) is 30.3 Å². The van der Waals surface area contributed by atoms with Crippen molar-refractivity contribution in [2.75, 3.05) is 11.9 Å². The molecule has 100 valence electrons.